The zero-order chi connectivity index (χ0) is 21.2. The SMILES string of the molecule is CCCCCCCC(=O)C1CCC(c2ccc(-c3ccc(CCC)cc3)cc2)CC1. The summed E-state index contributed by atoms with van der Waals surface area (Å²) in [5.74, 6) is 1.49. The maximum Gasteiger partial charge on any atom is 0.135 e. The second kappa shape index (κ2) is 12.1. The molecule has 162 valence electrons. The molecule has 0 bridgehead atoms. The third-order valence-electron chi connectivity index (χ3n) is 6.92. The first-order valence-electron chi connectivity index (χ1n) is 12.4. The van der Waals surface area contributed by atoms with Gasteiger partial charge in [0.1, 0.15) is 5.78 Å². The summed E-state index contributed by atoms with van der Waals surface area (Å²) in [4.78, 5) is 12.5. The van der Waals surface area contributed by atoms with E-state index in [0.29, 0.717) is 17.6 Å². The van der Waals surface area contributed by atoms with Crippen LogP contribution in [0.15, 0.2) is 48.5 Å². The maximum atomic E-state index is 12.5. The summed E-state index contributed by atoms with van der Waals surface area (Å²) in [6.07, 6.45) is 13.8. The van der Waals surface area contributed by atoms with Crippen LogP contribution in [0.25, 0.3) is 11.1 Å². The fraction of sp³-hybridized carbons (Fsp3) is 0.552. The Balaban J connectivity index is 1.47. The quantitative estimate of drug-likeness (QED) is 0.343. The molecule has 30 heavy (non-hydrogen) atoms. The van der Waals surface area contributed by atoms with E-state index in [4.69, 9.17) is 0 Å². The number of Topliss-reactive ketones (excluding diaryl/α,β-unsaturated/α-hetero) is 1. The average molecular weight is 405 g/mol. The van der Waals surface area contributed by atoms with E-state index >= 15 is 0 Å². The number of carbonyl (C=O) groups excluding carboxylic acids is 1. The van der Waals surface area contributed by atoms with Crippen LogP contribution in [0.5, 0.6) is 0 Å². The van der Waals surface area contributed by atoms with Crippen molar-refractivity contribution in [1.82, 2.24) is 0 Å². The molecule has 0 heterocycles. The van der Waals surface area contributed by atoms with Gasteiger partial charge in [0, 0.05) is 12.3 Å². The van der Waals surface area contributed by atoms with E-state index in [-0.39, 0.29) is 0 Å². The van der Waals surface area contributed by atoms with E-state index in [9.17, 15) is 4.79 Å². The number of benzene rings is 2. The Hall–Kier alpha value is -1.89. The molecule has 0 saturated heterocycles. The molecule has 1 aliphatic carbocycles. The molecule has 2 aromatic rings. The minimum atomic E-state index is 0.327. The van der Waals surface area contributed by atoms with Gasteiger partial charge in [-0.05, 0) is 66.7 Å². The standard InChI is InChI=1S/C29H40O/c1-3-5-6-7-8-10-29(30)28-21-19-27(20-22-28)26-17-15-25(16-18-26)24-13-11-23(9-4-2)12-14-24/h11-18,27-28H,3-10,19-22H2,1-2H3. The number of ketones is 1. The van der Waals surface area contributed by atoms with Crippen molar-refractivity contribution in [2.24, 2.45) is 5.92 Å². The molecular weight excluding hydrogens is 364 g/mol. The highest BCUT2D eigenvalue weighted by Gasteiger charge is 2.26. The van der Waals surface area contributed by atoms with Gasteiger partial charge in [-0.3, -0.25) is 4.79 Å². The van der Waals surface area contributed by atoms with E-state index in [1.807, 2.05) is 0 Å². The molecular formula is C29H40O. The molecule has 0 spiro atoms. The van der Waals surface area contributed by atoms with Gasteiger partial charge in [-0.15, -0.1) is 0 Å². The van der Waals surface area contributed by atoms with Crippen molar-refractivity contribution in [1.29, 1.82) is 0 Å². The van der Waals surface area contributed by atoms with Gasteiger partial charge in [0.05, 0.1) is 0 Å². The van der Waals surface area contributed by atoms with Gasteiger partial charge < -0.3 is 0 Å². The first-order valence-corrected chi connectivity index (χ1v) is 12.4. The van der Waals surface area contributed by atoms with Crippen molar-refractivity contribution >= 4 is 5.78 Å². The molecule has 0 aromatic heterocycles. The Morgan fingerprint density at radius 3 is 1.93 bits per heavy atom. The van der Waals surface area contributed by atoms with Gasteiger partial charge in [-0.25, -0.2) is 0 Å². The normalized spacial score (nSPS) is 19.0. The summed E-state index contributed by atoms with van der Waals surface area (Å²) in [5.41, 5.74) is 5.47. The zero-order valence-corrected chi connectivity index (χ0v) is 19.2. The topological polar surface area (TPSA) is 17.1 Å². The van der Waals surface area contributed by atoms with Gasteiger partial charge in [0.15, 0.2) is 0 Å². The van der Waals surface area contributed by atoms with Crippen LogP contribution in [0, 0.1) is 5.92 Å². The lowest BCUT2D eigenvalue weighted by Crippen LogP contribution is -2.21. The lowest BCUT2D eigenvalue weighted by Gasteiger charge is -2.28. The monoisotopic (exact) mass is 404 g/mol. The molecule has 2 aromatic carbocycles. The van der Waals surface area contributed by atoms with Crippen molar-refractivity contribution in [3.8, 4) is 11.1 Å². The number of rotatable bonds is 11. The van der Waals surface area contributed by atoms with Crippen molar-refractivity contribution in [3.63, 3.8) is 0 Å². The average Bonchev–Trinajstić information content (AvgIpc) is 2.80. The summed E-state index contributed by atoms with van der Waals surface area (Å²) in [5, 5.41) is 0. The molecule has 1 heteroatoms. The number of unbranched alkanes of at least 4 members (excludes halogenated alkanes) is 4. The number of aryl methyl sites for hydroxylation is 1. The van der Waals surface area contributed by atoms with E-state index < -0.39 is 0 Å². The minimum Gasteiger partial charge on any atom is -0.299 e. The summed E-state index contributed by atoms with van der Waals surface area (Å²) in [6.45, 7) is 4.46. The minimum absolute atomic E-state index is 0.327. The molecule has 0 amide bonds. The lowest BCUT2D eigenvalue weighted by atomic mass is 9.76. The molecule has 0 unspecified atom stereocenters. The van der Waals surface area contributed by atoms with Crippen LogP contribution >= 0.6 is 0 Å². The smallest absolute Gasteiger partial charge is 0.135 e. The van der Waals surface area contributed by atoms with Crippen LogP contribution in [0.3, 0.4) is 0 Å². The second-order valence-electron chi connectivity index (χ2n) is 9.25. The Bertz CT molecular complexity index is 748. The highest BCUT2D eigenvalue weighted by Crippen LogP contribution is 2.37. The van der Waals surface area contributed by atoms with Gasteiger partial charge in [-0.1, -0.05) is 94.5 Å². The zero-order valence-electron chi connectivity index (χ0n) is 19.2. The fourth-order valence-corrected chi connectivity index (χ4v) is 4.96. The second-order valence-corrected chi connectivity index (χ2v) is 9.25. The first kappa shape index (κ1) is 22.8. The summed E-state index contributed by atoms with van der Waals surface area (Å²) in [6, 6.07) is 18.2. The van der Waals surface area contributed by atoms with Crippen LogP contribution in [-0.2, 0) is 11.2 Å². The largest absolute Gasteiger partial charge is 0.299 e. The third kappa shape index (κ3) is 6.56. The van der Waals surface area contributed by atoms with E-state index in [0.717, 1.165) is 44.9 Å². The molecule has 1 fully saturated rings. The molecule has 1 aliphatic rings. The molecule has 0 radical (unpaired) electrons. The Morgan fingerprint density at radius 2 is 1.33 bits per heavy atom. The maximum absolute atomic E-state index is 12.5. The van der Waals surface area contributed by atoms with Gasteiger partial charge >= 0.3 is 0 Å². The van der Waals surface area contributed by atoms with E-state index in [1.165, 1.54) is 54.4 Å². The highest BCUT2D eigenvalue weighted by molar-refractivity contribution is 5.81. The van der Waals surface area contributed by atoms with Gasteiger partial charge in [0.2, 0.25) is 0 Å². The molecule has 0 atom stereocenters. The predicted octanol–water partition coefficient (Wildman–Crippen LogP) is 8.51. The van der Waals surface area contributed by atoms with Crippen LogP contribution in [-0.4, -0.2) is 5.78 Å². The third-order valence-corrected chi connectivity index (χ3v) is 6.92. The molecule has 0 aliphatic heterocycles. The van der Waals surface area contributed by atoms with Crippen molar-refractivity contribution < 1.29 is 4.79 Å². The number of hydrogen-bond donors (Lipinski definition) is 0. The van der Waals surface area contributed by atoms with Gasteiger partial charge in [0.25, 0.3) is 0 Å². The van der Waals surface area contributed by atoms with E-state index in [1.54, 1.807) is 0 Å². The summed E-state index contributed by atoms with van der Waals surface area (Å²) in [7, 11) is 0. The molecule has 1 nitrogen and oxygen atoms in total. The fourth-order valence-electron chi connectivity index (χ4n) is 4.96. The highest BCUT2D eigenvalue weighted by atomic mass is 16.1. The molecule has 0 N–H and O–H groups in total. The Labute approximate surface area is 184 Å². The summed E-state index contributed by atoms with van der Waals surface area (Å²) < 4.78 is 0. The Morgan fingerprint density at radius 1 is 0.733 bits per heavy atom. The number of hydrogen-bond acceptors (Lipinski definition) is 1. The van der Waals surface area contributed by atoms with Crippen molar-refractivity contribution in [2.75, 3.05) is 0 Å². The number of carbonyl (C=O) groups is 1. The molecule has 3 rings (SSSR count). The van der Waals surface area contributed by atoms with Crippen LogP contribution in [0.2, 0.25) is 0 Å². The van der Waals surface area contributed by atoms with Crippen LogP contribution in [0.4, 0.5) is 0 Å². The van der Waals surface area contributed by atoms with Gasteiger partial charge in [-0.2, -0.15) is 0 Å². The van der Waals surface area contributed by atoms with Crippen molar-refractivity contribution in [3.05, 3.63) is 59.7 Å². The Kier molecular flexibility index (Phi) is 9.18. The van der Waals surface area contributed by atoms with E-state index in [2.05, 4.69) is 62.4 Å². The first-order chi connectivity index (χ1) is 14.7. The molecule has 1 saturated carbocycles. The van der Waals surface area contributed by atoms with Crippen molar-refractivity contribution in [2.45, 2.75) is 96.8 Å². The van der Waals surface area contributed by atoms with Crippen LogP contribution < -0.4 is 0 Å². The predicted molar refractivity (Wildman–Crippen MR) is 129 cm³/mol. The lowest BCUT2D eigenvalue weighted by molar-refractivity contribution is -0.124. The van der Waals surface area contributed by atoms with Crippen LogP contribution in [0.1, 0.15) is 102 Å². The summed E-state index contributed by atoms with van der Waals surface area (Å²) >= 11 is 0.